The molecule has 1 aromatic rings. The predicted octanol–water partition coefficient (Wildman–Crippen LogP) is 2.80. The van der Waals surface area contributed by atoms with Gasteiger partial charge in [-0.25, -0.2) is 0 Å². The van der Waals surface area contributed by atoms with Gasteiger partial charge in [0.1, 0.15) is 0 Å². The van der Waals surface area contributed by atoms with E-state index in [1.54, 1.807) is 0 Å². The summed E-state index contributed by atoms with van der Waals surface area (Å²) in [6, 6.07) is 9.56. The Morgan fingerprint density at radius 1 is 1.24 bits per heavy atom. The van der Waals surface area contributed by atoms with Crippen LogP contribution in [-0.4, -0.2) is 48.6 Å². The average Bonchev–Trinajstić information content (AvgIpc) is 2.96. The lowest BCUT2D eigenvalue weighted by atomic mass is 10.0. The second-order valence-electron chi connectivity index (χ2n) is 6.27. The number of nitrogens with zero attached hydrogens (tertiary/aromatic N) is 2. The summed E-state index contributed by atoms with van der Waals surface area (Å²) in [4.78, 5) is 5.16. The van der Waals surface area contributed by atoms with Crippen molar-refractivity contribution in [2.45, 2.75) is 45.7 Å². The van der Waals surface area contributed by atoms with Crippen molar-refractivity contribution >= 4 is 0 Å². The van der Waals surface area contributed by atoms with Crippen LogP contribution in [0.2, 0.25) is 0 Å². The van der Waals surface area contributed by atoms with Crippen LogP contribution in [0.25, 0.3) is 0 Å². The van der Waals surface area contributed by atoms with Crippen molar-refractivity contribution in [2.24, 2.45) is 5.73 Å². The Morgan fingerprint density at radius 2 is 1.90 bits per heavy atom. The molecule has 2 rings (SSSR count). The number of nitrogens with two attached hydrogens (primary N) is 1. The van der Waals surface area contributed by atoms with Crippen LogP contribution in [0, 0.1) is 6.92 Å². The van der Waals surface area contributed by atoms with Gasteiger partial charge in [-0.3, -0.25) is 4.90 Å². The third-order valence-electron chi connectivity index (χ3n) is 4.84. The smallest absolute Gasteiger partial charge is 0.0307 e. The molecule has 1 saturated heterocycles. The fourth-order valence-corrected chi connectivity index (χ4v) is 3.36. The molecule has 1 aromatic carbocycles. The van der Waals surface area contributed by atoms with Gasteiger partial charge in [-0.05, 0) is 45.0 Å². The molecule has 1 aliphatic rings. The Bertz CT molecular complexity index is 411. The molecule has 0 aromatic heterocycles. The molecule has 2 unspecified atom stereocenters. The van der Waals surface area contributed by atoms with Gasteiger partial charge in [0.25, 0.3) is 0 Å². The molecule has 0 bridgehead atoms. The van der Waals surface area contributed by atoms with Crippen LogP contribution in [0.4, 0.5) is 0 Å². The van der Waals surface area contributed by atoms with Crippen molar-refractivity contribution < 1.29 is 0 Å². The maximum Gasteiger partial charge on any atom is 0.0307 e. The number of hydrogen-bond acceptors (Lipinski definition) is 3. The zero-order valence-electron chi connectivity index (χ0n) is 13.9. The third-order valence-corrected chi connectivity index (χ3v) is 4.84. The van der Waals surface area contributed by atoms with E-state index in [1.807, 2.05) is 0 Å². The molecule has 0 spiro atoms. The molecule has 3 nitrogen and oxygen atoms in total. The normalized spacial score (nSPS) is 21.1. The minimum Gasteiger partial charge on any atom is -0.324 e. The van der Waals surface area contributed by atoms with Crippen molar-refractivity contribution in [3.63, 3.8) is 0 Å². The van der Waals surface area contributed by atoms with Gasteiger partial charge in [0.05, 0.1) is 0 Å². The molecule has 0 amide bonds. The molecule has 2 atom stereocenters. The Kier molecular flexibility index (Phi) is 6.22. The zero-order valence-corrected chi connectivity index (χ0v) is 13.9. The molecule has 118 valence electrons. The van der Waals surface area contributed by atoms with E-state index < -0.39 is 0 Å². The molecule has 1 heterocycles. The van der Waals surface area contributed by atoms with Gasteiger partial charge in [-0.1, -0.05) is 43.7 Å². The third kappa shape index (κ3) is 4.53. The molecular weight excluding hydrogens is 258 g/mol. The lowest BCUT2D eigenvalue weighted by molar-refractivity contribution is 0.209. The van der Waals surface area contributed by atoms with E-state index in [2.05, 4.69) is 54.8 Å². The van der Waals surface area contributed by atoms with Crippen molar-refractivity contribution in [2.75, 3.05) is 32.7 Å². The molecule has 0 aliphatic carbocycles. The summed E-state index contributed by atoms with van der Waals surface area (Å²) in [6.45, 7) is 12.5. The first kappa shape index (κ1) is 16.5. The van der Waals surface area contributed by atoms with Crippen molar-refractivity contribution in [3.05, 3.63) is 35.4 Å². The number of benzene rings is 1. The summed E-state index contributed by atoms with van der Waals surface area (Å²) in [7, 11) is 0. The van der Waals surface area contributed by atoms with E-state index in [0.717, 1.165) is 32.1 Å². The number of likely N-dealkylation sites (tertiary alicyclic amines) is 1. The van der Waals surface area contributed by atoms with Gasteiger partial charge in [0, 0.05) is 25.2 Å². The molecular formula is C18H31N3. The van der Waals surface area contributed by atoms with Crippen LogP contribution >= 0.6 is 0 Å². The van der Waals surface area contributed by atoms with Crippen LogP contribution in [0.15, 0.2) is 24.3 Å². The summed E-state index contributed by atoms with van der Waals surface area (Å²) in [5.41, 5.74) is 8.90. The Balaban J connectivity index is 1.77. The van der Waals surface area contributed by atoms with Crippen LogP contribution in [0.3, 0.4) is 0 Å². The molecule has 0 saturated carbocycles. The van der Waals surface area contributed by atoms with Crippen LogP contribution < -0.4 is 5.73 Å². The number of hydrogen-bond donors (Lipinski definition) is 1. The summed E-state index contributed by atoms with van der Waals surface area (Å²) in [5, 5.41) is 0. The van der Waals surface area contributed by atoms with Crippen LogP contribution in [0.5, 0.6) is 0 Å². The van der Waals surface area contributed by atoms with E-state index in [9.17, 15) is 0 Å². The standard InChI is InChI=1S/C18H31N3/c1-4-21(5-2)17-10-12-20(14-17)13-11-18(19)16-8-6-15(3)7-9-16/h6-9,17-18H,4-5,10-14,19H2,1-3H3. The van der Waals surface area contributed by atoms with E-state index in [0.29, 0.717) is 0 Å². The first-order valence-electron chi connectivity index (χ1n) is 8.42. The molecule has 1 aliphatic heterocycles. The van der Waals surface area contributed by atoms with E-state index >= 15 is 0 Å². The Labute approximate surface area is 130 Å². The first-order chi connectivity index (χ1) is 10.1. The highest BCUT2D eigenvalue weighted by Gasteiger charge is 2.26. The monoisotopic (exact) mass is 289 g/mol. The minimum atomic E-state index is 0.165. The Hall–Kier alpha value is -0.900. The van der Waals surface area contributed by atoms with Gasteiger partial charge in [-0.15, -0.1) is 0 Å². The van der Waals surface area contributed by atoms with Crippen molar-refractivity contribution in [1.29, 1.82) is 0 Å². The fraction of sp³-hybridized carbons (Fsp3) is 0.667. The average molecular weight is 289 g/mol. The van der Waals surface area contributed by atoms with E-state index in [4.69, 9.17) is 5.73 Å². The fourth-order valence-electron chi connectivity index (χ4n) is 3.36. The number of aryl methyl sites for hydroxylation is 1. The lowest BCUT2D eigenvalue weighted by Crippen LogP contribution is -2.37. The Morgan fingerprint density at radius 3 is 2.52 bits per heavy atom. The second kappa shape index (κ2) is 7.92. The maximum atomic E-state index is 6.33. The topological polar surface area (TPSA) is 32.5 Å². The maximum absolute atomic E-state index is 6.33. The molecule has 2 N–H and O–H groups in total. The SMILES string of the molecule is CCN(CC)C1CCN(CCC(N)c2ccc(C)cc2)C1. The highest BCUT2D eigenvalue weighted by Crippen LogP contribution is 2.19. The van der Waals surface area contributed by atoms with Crippen LogP contribution in [-0.2, 0) is 0 Å². The van der Waals surface area contributed by atoms with E-state index in [1.165, 1.54) is 30.6 Å². The van der Waals surface area contributed by atoms with Crippen molar-refractivity contribution in [3.8, 4) is 0 Å². The van der Waals surface area contributed by atoms with Crippen LogP contribution in [0.1, 0.15) is 43.9 Å². The lowest BCUT2D eigenvalue weighted by Gasteiger charge is -2.26. The highest BCUT2D eigenvalue weighted by molar-refractivity contribution is 5.23. The number of likely N-dealkylation sites (N-methyl/N-ethyl adjacent to an activating group) is 1. The molecule has 21 heavy (non-hydrogen) atoms. The van der Waals surface area contributed by atoms with Gasteiger partial charge in [-0.2, -0.15) is 0 Å². The van der Waals surface area contributed by atoms with Gasteiger partial charge < -0.3 is 10.6 Å². The largest absolute Gasteiger partial charge is 0.324 e. The summed E-state index contributed by atoms with van der Waals surface area (Å²) >= 11 is 0. The summed E-state index contributed by atoms with van der Waals surface area (Å²) in [5.74, 6) is 0. The summed E-state index contributed by atoms with van der Waals surface area (Å²) < 4.78 is 0. The zero-order chi connectivity index (χ0) is 15.2. The number of rotatable bonds is 7. The highest BCUT2D eigenvalue weighted by atomic mass is 15.2. The van der Waals surface area contributed by atoms with Crippen molar-refractivity contribution in [1.82, 2.24) is 9.80 Å². The van der Waals surface area contributed by atoms with Gasteiger partial charge in [0.15, 0.2) is 0 Å². The summed E-state index contributed by atoms with van der Waals surface area (Å²) in [6.07, 6.45) is 2.36. The minimum absolute atomic E-state index is 0.165. The quantitative estimate of drug-likeness (QED) is 0.838. The first-order valence-corrected chi connectivity index (χ1v) is 8.42. The molecule has 1 fully saturated rings. The molecule has 0 radical (unpaired) electrons. The van der Waals surface area contributed by atoms with Gasteiger partial charge >= 0.3 is 0 Å². The van der Waals surface area contributed by atoms with Gasteiger partial charge in [0.2, 0.25) is 0 Å². The predicted molar refractivity (Wildman–Crippen MR) is 90.5 cm³/mol. The second-order valence-corrected chi connectivity index (χ2v) is 6.27. The van der Waals surface area contributed by atoms with E-state index in [-0.39, 0.29) is 6.04 Å². The molecule has 3 heteroatoms.